The van der Waals surface area contributed by atoms with Crippen molar-refractivity contribution in [2.24, 2.45) is 0 Å². The molecule has 1 heterocycles. The Hall–Kier alpha value is -1.98. The molecule has 0 bridgehead atoms. The van der Waals surface area contributed by atoms with E-state index in [2.05, 4.69) is 5.10 Å². The summed E-state index contributed by atoms with van der Waals surface area (Å²) in [5.74, 6) is 0. The lowest BCUT2D eigenvalue weighted by molar-refractivity contribution is -0.137. The molecule has 2 rings (SSSR count). The van der Waals surface area contributed by atoms with Crippen molar-refractivity contribution in [2.45, 2.75) is 26.6 Å². The summed E-state index contributed by atoms with van der Waals surface area (Å²) in [5.41, 5.74) is 7.50. The topological polar surface area (TPSA) is 43.8 Å². The molecule has 0 atom stereocenters. The molecular weight excluding hydrogens is 255 g/mol. The van der Waals surface area contributed by atoms with Crippen LogP contribution >= 0.6 is 0 Å². The van der Waals surface area contributed by atoms with Gasteiger partial charge in [-0.2, -0.15) is 18.3 Å². The average Bonchev–Trinajstić information content (AvgIpc) is 2.59. The number of nitrogen functional groups attached to an aromatic ring is 1. The summed E-state index contributed by atoms with van der Waals surface area (Å²) in [4.78, 5) is 0. The first-order valence-corrected chi connectivity index (χ1v) is 5.74. The molecular formula is C13H14F3N3. The van der Waals surface area contributed by atoms with Gasteiger partial charge in [0.25, 0.3) is 0 Å². The molecule has 6 heteroatoms. The van der Waals surface area contributed by atoms with Gasteiger partial charge in [-0.1, -0.05) is 6.07 Å². The van der Waals surface area contributed by atoms with Gasteiger partial charge in [0.2, 0.25) is 0 Å². The van der Waals surface area contributed by atoms with Crippen LogP contribution in [0.3, 0.4) is 0 Å². The second-order valence-electron chi connectivity index (χ2n) is 4.50. The third-order valence-corrected chi connectivity index (χ3v) is 2.90. The molecule has 0 spiro atoms. The molecule has 2 N–H and O–H groups in total. The number of nitrogens with two attached hydrogens (primary N) is 1. The highest BCUT2D eigenvalue weighted by Crippen LogP contribution is 2.31. The van der Waals surface area contributed by atoms with Crippen LogP contribution in [0.1, 0.15) is 22.5 Å². The highest BCUT2D eigenvalue weighted by atomic mass is 19.4. The zero-order valence-corrected chi connectivity index (χ0v) is 10.6. The molecule has 0 saturated carbocycles. The van der Waals surface area contributed by atoms with Crippen molar-refractivity contribution >= 4 is 5.69 Å². The number of hydrogen-bond donors (Lipinski definition) is 1. The minimum Gasteiger partial charge on any atom is -0.398 e. The molecule has 0 saturated heterocycles. The third-order valence-electron chi connectivity index (χ3n) is 2.90. The Bertz CT molecular complexity index is 600. The molecule has 0 aliphatic rings. The summed E-state index contributed by atoms with van der Waals surface area (Å²) in [6.45, 7) is 4.11. The molecule has 0 radical (unpaired) electrons. The maximum atomic E-state index is 12.5. The van der Waals surface area contributed by atoms with Gasteiger partial charge in [-0.3, -0.25) is 4.68 Å². The monoisotopic (exact) mass is 269 g/mol. The number of halogens is 3. The fraction of sp³-hybridized carbons (Fsp3) is 0.308. The maximum Gasteiger partial charge on any atom is 0.416 e. The number of benzene rings is 1. The maximum absolute atomic E-state index is 12.5. The van der Waals surface area contributed by atoms with E-state index in [9.17, 15) is 13.2 Å². The van der Waals surface area contributed by atoms with E-state index in [4.69, 9.17) is 5.73 Å². The predicted octanol–water partition coefficient (Wildman–Crippen LogP) is 3.15. The average molecular weight is 269 g/mol. The van der Waals surface area contributed by atoms with E-state index < -0.39 is 11.7 Å². The number of aromatic nitrogens is 2. The zero-order chi connectivity index (χ0) is 14.2. The van der Waals surface area contributed by atoms with Gasteiger partial charge in [0.15, 0.2) is 0 Å². The van der Waals surface area contributed by atoms with E-state index >= 15 is 0 Å². The highest BCUT2D eigenvalue weighted by Gasteiger charge is 2.30. The summed E-state index contributed by atoms with van der Waals surface area (Å²) in [6, 6.07) is 5.30. The quantitative estimate of drug-likeness (QED) is 0.851. The van der Waals surface area contributed by atoms with Crippen molar-refractivity contribution in [3.8, 4) is 0 Å². The van der Waals surface area contributed by atoms with Crippen molar-refractivity contribution in [1.82, 2.24) is 9.78 Å². The lowest BCUT2D eigenvalue weighted by Crippen LogP contribution is -2.09. The Labute approximate surface area is 108 Å². The van der Waals surface area contributed by atoms with Crippen molar-refractivity contribution in [3.05, 3.63) is 46.8 Å². The molecule has 1 aromatic heterocycles. The Morgan fingerprint density at radius 3 is 2.37 bits per heavy atom. The summed E-state index contributed by atoms with van der Waals surface area (Å²) in [6.07, 6.45) is -4.37. The normalized spacial score (nSPS) is 11.8. The Balaban J connectivity index is 2.30. The van der Waals surface area contributed by atoms with E-state index in [1.165, 1.54) is 6.07 Å². The van der Waals surface area contributed by atoms with Crippen LogP contribution in [0.4, 0.5) is 18.9 Å². The Morgan fingerprint density at radius 1 is 1.21 bits per heavy atom. The van der Waals surface area contributed by atoms with Gasteiger partial charge in [-0.25, -0.2) is 0 Å². The fourth-order valence-corrected chi connectivity index (χ4v) is 1.91. The van der Waals surface area contributed by atoms with Crippen LogP contribution < -0.4 is 5.73 Å². The Kier molecular flexibility index (Phi) is 3.26. The number of nitrogens with zero attached hydrogens (tertiary/aromatic N) is 2. The largest absolute Gasteiger partial charge is 0.416 e. The molecule has 0 aliphatic carbocycles. The van der Waals surface area contributed by atoms with Crippen LogP contribution in [0.25, 0.3) is 0 Å². The molecule has 3 nitrogen and oxygen atoms in total. The van der Waals surface area contributed by atoms with Crippen molar-refractivity contribution in [2.75, 3.05) is 5.73 Å². The number of rotatable bonds is 2. The molecule has 0 fully saturated rings. The van der Waals surface area contributed by atoms with E-state index in [1.807, 2.05) is 19.9 Å². The van der Waals surface area contributed by atoms with E-state index in [1.54, 1.807) is 4.68 Å². The van der Waals surface area contributed by atoms with Crippen molar-refractivity contribution in [1.29, 1.82) is 0 Å². The summed E-state index contributed by atoms with van der Waals surface area (Å²) in [7, 11) is 0. The SMILES string of the molecule is Cc1cc(C)n(Cc2ccc(C(F)(F)F)cc2N)n1. The van der Waals surface area contributed by atoms with E-state index in [0.29, 0.717) is 12.1 Å². The van der Waals surface area contributed by atoms with E-state index in [-0.39, 0.29) is 5.69 Å². The van der Waals surface area contributed by atoms with Gasteiger partial charge in [-0.15, -0.1) is 0 Å². The molecule has 1 aromatic carbocycles. The molecule has 19 heavy (non-hydrogen) atoms. The van der Waals surface area contributed by atoms with Crippen LogP contribution in [-0.2, 0) is 12.7 Å². The fourth-order valence-electron chi connectivity index (χ4n) is 1.91. The second kappa shape index (κ2) is 4.60. The van der Waals surface area contributed by atoms with Crippen LogP contribution in [0.15, 0.2) is 24.3 Å². The van der Waals surface area contributed by atoms with Crippen LogP contribution in [0, 0.1) is 13.8 Å². The minimum absolute atomic E-state index is 0.127. The lowest BCUT2D eigenvalue weighted by atomic mass is 10.1. The first-order chi connectivity index (χ1) is 8.77. The highest BCUT2D eigenvalue weighted by molar-refractivity contribution is 5.50. The van der Waals surface area contributed by atoms with Gasteiger partial charge < -0.3 is 5.73 Å². The first kappa shape index (κ1) is 13.5. The zero-order valence-electron chi connectivity index (χ0n) is 10.6. The molecule has 102 valence electrons. The Morgan fingerprint density at radius 2 is 1.89 bits per heavy atom. The number of anilines is 1. The standard InChI is InChI=1S/C13H14F3N3/c1-8-5-9(2)19(18-8)7-10-3-4-11(6-12(10)17)13(14,15)16/h3-6H,7,17H2,1-2H3. The summed E-state index contributed by atoms with van der Waals surface area (Å²) < 4.78 is 39.3. The summed E-state index contributed by atoms with van der Waals surface area (Å²) in [5, 5.41) is 4.26. The van der Waals surface area contributed by atoms with Crippen LogP contribution in [-0.4, -0.2) is 9.78 Å². The lowest BCUT2D eigenvalue weighted by Gasteiger charge is -2.11. The minimum atomic E-state index is -4.37. The van der Waals surface area contributed by atoms with Gasteiger partial charge in [0, 0.05) is 11.4 Å². The smallest absolute Gasteiger partial charge is 0.398 e. The molecule has 0 amide bonds. The van der Waals surface area contributed by atoms with Gasteiger partial charge in [0.05, 0.1) is 17.8 Å². The van der Waals surface area contributed by atoms with Crippen molar-refractivity contribution < 1.29 is 13.2 Å². The third kappa shape index (κ3) is 2.89. The molecule has 0 aliphatic heterocycles. The second-order valence-corrected chi connectivity index (χ2v) is 4.50. The van der Waals surface area contributed by atoms with Gasteiger partial charge >= 0.3 is 6.18 Å². The predicted molar refractivity (Wildman–Crippen MR) is 66.7 cm³/mol. The number of hydrogen-bond acceptors (Lipinski definition) is 2. The van der Waals surface area contributed by atoms with Gasteiger partial charge in [0.1, 0.15) is 0 Å². The van der Waals surface area contributed by atoms with E-state index in [0.717, 1.165) is 23.5 Å². The van der Waals surface area contributed by atoms with Crippen LogP contribution in [0.2, 0.25) is 0 Å². The van der Waals surface area contributed by atoms with Crippen molar-refractivity contribution in [3.63, 3.8) is 0 Å². The summed E-state index contributed by atoms with van der Waals surface area (Å²) >= 11 is 0. The first-order valence-electron chi connectivity index (χ1n) is 5.74. The van der Waals surface area contributed by atoms with Crippen LogP contribution in [0.5, 0.6) is 0 Å². The molecule has 2 aromatic rings. The molecule has 0 unspecified atom stereocenters. The van der Waals surface area contributed by atoms with Gasteiger partial charge in [-0.05, 0) is 37.6 Å². The number of aryl methyl sites for hydroxylation is 2. The number of alkyl halides is 3.